The summed E-state index contributed by atoms with van der Waals surface area (Å²) in [7, 11) is 0. The maximum atomic E-state index is 6.58. The SMILES string of the molecule is Cc1c(Cl)cncc1-c1cc2c(cc1Cl)-n1c(C)nnc1CC2. The minimum absolute atomic E-state index is 0.647. The van der Waals surface area contributed by atoms with Crippen molar-refractivity contribution in [2.24, 2.45) is 0 Å². The van der Waals surface area contributed by atoms with Crippen molar-refractivity contribution in [1.29, 1.82) is 0 Å². The van der Waals surface area contributed by atoms with Crippen LogP contribution in [-0.4, -0.2) is 19.7 Å². The number of benzene rings is 1. The lowest BCUT2D eigenvalue weighted by Crippen LogP contribution is -2.13. The number of halogens is 2. The van der Waals surface area contributed by atoms with Gasteiger partial charge in [0.15, 0.2) is 0 Å². The summed E-state index contributed by atoms with van der Waals surface area (Å²) in [6, 6.07) is 4.13. The minimum atomic E-state index is 0.647. The van der Waals surface area contributed by atoms with E-state index in [4.69, 9.17) is 23.2 Å². The van der Waals surface area contributed by atoms with E-state index in [9.17, 15) is 0 Å². The zero-order chi connectivity index (χ0) is 16.1. The Bertz CT molecular complexity index is 931. The van der Waals surface area contributed by atoms with Crippen LogP contribution in [0.4, 0.5) is 0 Å². The van der Waals surface area contributed by atoms with Gasteiger partial charge in [-0.25, -0.2) is 0 Å². The van der Waals surface area contributed by atoms with E-state index in [1.807, 2.05) is 26.1 Å². The molecule has 0 N–H and O–H groups in total. The Kier molecular flexibility index (Phi) is 3.39. The molecule has 0 amide bonds. The molecule has 0 aliphatic carbocycles. The van der Waals surface area contributed by atoms with Crippen LogP contribution in [0.1, 0.15) is 22.8 Å². The molecular weight excluding hydrogens is 331 g/mol. The quantitative estimate of drug-likeness (QED) is 0.659. The topological polar surface area (TPSA) is 43.6 Å². The molecule has 116 valence electrons. The second-order valence-corrected chi connectivity index (χ2v) is 6.57. The predicted octanol–water partition coefficient (Wildman–Crippen LogP) is 4.35. The van der Waals surface area contributed by atoms with Gasteiger partial charge in [0.25, 0.3) is 0 Å². The third-order valence-electron chi connectivity index (χ3n) is 4.36. The van der Waals surface area contributed by atoms with E-state index in [1.165, 1.54) is 5.56 Å². The van der Waals surface area contributed by atoms with Gasteiger partial charge in [0, 0.05) is 29.9 Å². The molecule has 0 saturated carbocycles. The Morgan fingerprint density at radius 1 is 0.957 bits per heavy atom. The molecule has 0 atom stereocenters. The Labute approximate surface area is 144 Å². The molecule has 0 spiro atoms. The van der Waals surface area contributed by atoms with Crippen LogP contribution in [0.3, 0.4) is 0 Å². The van der Waals surface area contributed by atoms with Crippen LogP contribution in [0, 0.1) is 13.8 Å². The first-order valence-corrected chi connectivity index (χ1v) is 8.16. The smallest absolute Gasteiger partial charge is 0.137 e. The van der Waals surface area contributed by atoms with Crippen molar-refractivity contribution in [3.05, 3.63) is 57.3 Å². The van der Waals surface area contributed by atoms with Crippen LogP contribution in [0.15, 0.2) is 24.5 Å². The van der Waals surface area contributed by atoms with E-state index < -0.39 is 0 Å². The lowest BCUT2D eigenvalue weighted by molar-refractivity contribution is 0.767. The Morgan fingerprint density at radius 3 is 2.61 bits per heavy atom. The van der Waals surface area contributed by atoms with Gasteiger partial charge in [-0.1, -0.05) is 23.2 Å². The van der Waals surface area contributed by atoms with E-state index in [-0.39, 0.29) is 0 Å². The normalized spacial score (nSPS) is 12.9. The van der Waals surface area contributed by atoms with Crippen molar-refractivity contribution in [2.75, 3.05) is 0 Å². The summed E-state index contributed by atoms with van der Waals surface area (Å²) in [5, 5.41) is 9.73. The number of aryl methyl sites for hydroxylation is 3. The number of rotatable bonds is 1. The van der Waals surface area contributed by atoms with Crippen LogP contribution < -0.4 is 0 Å². The second kappa shape index (κ2) is 5.32. The lowest BCUT2D eigenvalue weighted by atomic mass is 9.96. The summed E-state index contributed by atoms with van der Waals surface area (Å²) >= 11 is 12.8. The van der Waals surface area contributed by atoms with Gasteiger partial charge in [-0.15, -0.1) is 10.2 Å². The minimum Gasteiger partial charge on any atom is -0.283 e. The highest BCUT2D eigenvalue weighted by molar-refractivity contribution is 6.34. The Morgan fingerprint density at radius 2 is 1.78 bits per heavy atom. The van der Waals surface area contributed by atoms with Gasteiger partial charge in [0.1, 0.15) is 11.6 Å². The van der Waals surface area contributed by atoms with Gasteiger partial charge in [-0.05, 0) is 43.5 Å². The number of fused-ring (bicyclic) bond motifs is 3. The third-order valence-corrected chi connectivity index (χ3v) is 5.06. The first kappa shape index (κ1) is 14.7. The molecule has 6 heteroatoms. The molecule has 4 nitrogen and oxygen atoms in total. The van der Waals surface area contributed by atoms with E-state index in [1.54, 1.807) is 6.20 Å². The predicted molar refractivity (Wildman–Crippen MR) is 91.5 cm³/mol. The largest absolute Gasteiger partial charge is 0.283 e. The maximum absolute atomic E-state index is 6.58. The fourth-order valence-corrected chi connectivity index (χ4v) is 3.54. The summed E-state index contributed by atoms with van der Waals surface area (Å²) in [5.74, 6) is 1.87. The van der Waals surface area contributed by atoms with Crippen LogP contribution in [0.2, 0.25) is 10.0 Å². The third kappa shape index (κ3) is 2.25. The second-order valence-electron chi connectivity index (χ2n) is 5.75. The highest BCUT2D eigenvalue weighted by Crippen LogP contribution is 2.37. The summed E-state index contributed by atoms with van der Waals surface area (Å²) < 4.78 is 2.08. The molecule has 4 rings (SSSR count). The van der Waals surface area contributed by atoms with Crippen LogP contribution in [0.25, 0.3) is 16.8 Å². The molecule has 0 fully saturated rings. The lowest BCUT2D eigenvalue weighted by Gasteiger charge is -2.21. The highest BCUT2D eigenvalue weighted by Gasteiger charge is 2.22. The zero-order valence-corrected chi connectivity index (χ0v) is 14.3. The molecule has 1 aromatic carbocycles. The van der Waals surface area contributed by atoms with Gasteiger partial charge in [0.05, 0.1) is 15.7 Å². The van der Waals surface area contributed by atoms with E-state index in [0.717, 1.165) is 46.9 Å². The van der Waals surface area contributed by atoms with E-state index >= 15 is 0 Å². The highest BCUT2D eigenvalue weighted by atomic mass is 35.5. The van der Waals surface area contributed by atoms with Crippen molar-refractivity contribution >= 4 is 23.2 Å². The van der Waals surface area contributed by atoms with Crippen molar-refractivity contribution in [1.82, 2.24) is 19.7 Å². The summed E-state index contributed by atoms with van der Waals surface area (Å²) in [6.07, 6.45) is 5.26. The number of pyridine rings is 1. The molecule has 2 aromatic heterocycles. The van der Waals surface area contributed by atoms with Crippen LogP contribution in [-0.2, 0) is 12.8 Å². The van der Waals surface area contributed by atoms with Gasteiger partial charge in [-0.3, -0.25) is 9.55 Å². The standard InChI is InChI=1S/C17H14Cl2N4/c1-9-13(7-20-8-15(9)19)12-5-11-3-4-17-22-21-10(2)23(17)16(11)6-14(12)18/h5-8H,3-4H2,1-2H3. The average molecular weight is 345 g/mol. The molecule has 1 aliphatic rings. The first-order valence-electron chi connectivity index (χ1n) is 7.40. The van der Waals surface area contributed by atoms with Crippen LogP contribution >= 0.6 is 23.2 Å². The molecule has 0 unspecified atom stereocenters. The van der Waals surface area contributed by atoms with Gasteiger partial charge in [0.2, 0.25) is 0 Å². The van der Waals surface area contributed by atoms with E-state index in [2.05, 4.69) is 25.8 Å². The fourth-order valence-electron chi connectivity index (χ4n) is 3.12. The number of hydrogen-bond donors (Lipinski definition) is 0. The molecular formula is C17H14Cl2N4. The molecule has 0 bridgehead atoms. The van der Waals surface area contributed by atoms with Gasteiger partial charge < -0.3 is 0 Å². The van der Waals surface area contributed by atoms with Crippen molar-refractivity contribution in [3.8, 4) is 16.8 Å². The number of aromatic nitrogens is 4. The van der Waals surface area contributed by atoms with Crippen molar-refractivity contribution in [3.63, 3.8) is 0 Å². The number of nitrogens with zero attached hydrogens (tertiary/aromatic N) is 4. The summed E-state index contributed by atoms with van der Waals surface area (Å²) in [6.45, 7) is 3.94. The summed E-state index contributed by atoms with van der Waals surface area (Å²) in [4.78, 5) is 4.20. The average Bonchev–Trinajstić information content (AvgIpc) is 2.91. The van der Waals surface area contributed by atoms with Gasteiger partial charge in [-0.2, -0.15) is 0 Å². The monoisotopic (exact) mass is 344 g/mol. The Balaban J connectivity index is 1.94. The van der Waals surface area contributed by atoms with Crippen molar-refractivity contribution < 1.29 is 0 Å². The molecule has 3 heterocycles. The van der Waals surface area contributed by atoms with E-state index in [0.29, 0.717) is 10.0 Å². The fraction of sp³-hybridized carbons (Fsp3) is 0.235. The first-order chi connectivity index (χ1) is 11.1. The molecule has 23 heavy (non-hydrogen) atoms. The Hall–Kier alpha value is -1.91. The summed E-state index contributed by atoms with van der Waals surface area (Å²) in [5.41, 5.74) is 5.22. The molecule has 0 saturated heterocycles. The molecule has 3 aromatic rings. The number of hydrogen-bond acceptors (Lipinski definition) is 3. The zero-order valence-electron chi connectivity index (χ0n) is 12.8. The van der Waals surface area contributed by atoms with Gasteiger partial charge >= 0.3 is 0 Å². The maximum Gasteiger partial charge on any atom is 0.137 e. The molecule has 0 radical (unpaired) electrons. The van der Waals surface area contributed by atoms with Crippen LogP contribution in [0.5, 0.6) is 0 Å². The molecule has 1 aliphatic heterocycles. The van der Waals surface area contributed by atoms with Crippen molar-refractivity contribution in [2.45, 2.75) is 26.7 Å².